The summed E-state index contributed by atoms with van der Waals surface area (Å²) in [6.07, 6.45) is 1.76. The van der Waals surface area contributed by atoms with E-state index in [0.717, 1.165) is 39.4 Å². The highest BCUT2D eigenvalue weighted by molar-refractivity contribution is 6.09. The van der Waals surface area contributed by atoms with Crippen LogP contribution in [0.2, 0.25) is 0 Å². The molecule has 28 heavy (non-hydrogen) atoms. The predicted octanol–water partition coefficient (Wildman–Crippen LogP) is 4.45. The van der Waals surface area contributed by atoms with E-state index in [1.807, 2.05) is 73.3 Å². The molecule has 0 bridgehead atoms. The maximum Gasteiger partial charge on any atom is 0.237 e. The number of H-pyrrole nitrogens is 1. The number of nitrogens with one attached hydrogen (secondary N) is 1. The molecule has 1 amide bonds. The molecule has 1 aliphatic rings. The lowest BCUT2D eigenvalue weighted by Crippen LogP contribution is -2.35. The first kappa shape index (κ1) is 16.7. The van der Waals surface area contributed by atoms with Gasteiger partial charge in [-0.05, 0) is 49.2 Å². The van der Waals surface area contributed by atoms with Gasteiger partial charge < -0.3 is 9.88 Å². The van der Waals surface area contributed by atoms with Crippen LogP contribution in [0, 0.1) is 0 Å². The summed E-state index contributed by atoms with van der Waals surface area (Å²) in [5.41, 5.74) is 5.05. The van der Waals surface area contributed by atoms with Gasteiger partial charge in [-0.1, -0.05) is 36.4 Å². The van der Waals surface area contributed by atoms with Gasteiger partial charge in [0.05, 0.1) is 28.7 Å². The summed E-state index contributed by atoms with van der Waals surface area (Å²) in [5.74, 6) is 0.849. The second kappa shape index (κ2) is 6.02. The Hall–Kier alpha value is -3.47. The fourth-order valence-electron chi connectivity index (χ4n) is 3.88. The van der Waals surface area contributed by atoms with E-state index < -0.39 is 5.41 Å². The Morgan fingerprint density at radius 1 is 1.04 bits per heavy atom. The van der Waals surface area contributed by atoms with E-state index in [1.165, 1.54) is 0 Å². The Labute approximate surface area is 163 Å². The predicted molar refractivity (Wildman–Crippen MR) is 110 cm³/mol. The normalized spacial score (nSPS) is 15.2. The van der Waals surface area contributed by atoms with Gasteiger partial charge in [0.2, 0.25) is 5.91 Å². The molecule has 1 aliphatic heterocycles. The number of hydrogen-bond donors (Lipinski definition) is 1. The number of fused-ring (bicyclic) bond motifs is 2. The monoisotopic (exact) mass is 368 g/mol. The third-order valence-corrected chi connectivity index (χ3v) is 5.43. The molecule has 0 saturated carbocycles. The quantitative estimate of drug-likeness (QED) is 0.581. The molecule has 0 fully saturated rings. The second-order valence-corrected chi connectivity index (χ2v) is 7.69. The number of imidazole rings is 1. The van der Waals surface area contributed by atoms with E-state index in [9.17, 15) is 4.79 Å². The number of carbonyl (C=O) groups is 1. The summed E-state index contributed by atoms with van der Waals surface area (Å²) in [7, 11) is 0. The van der Waals surface area contributed by atoms with Crippen molar-refractivity contribution in [2.75, 3.05) is 4.90 Å². The number of aromatic nitrogens is 3. The molecule has 0 saturated heterocycles. The van der Waals surface area contributed by atoms with Crippen molar-refractivity contribution in [3.63, 3.8) is 0 Å². The number of anilines is 1. The molecule has 2 aromatic carbocycles. The number of carbonyl (C=O) groups excluding carboxylic acids is 1. The summed E-state index contributed by atoms with van der Waals surface area (Å²) in [6.45, 7) is 4.53. The van der Waals surface area contributed by atoms with Crippen molar-refractivity contribution in [1.82, 2.24) is 15.0 Å². The molecule has 1 N–H and O–H groups in total. The third-order valence-electron chi connectivity index (χ3n) is 5.43. The number of nitrogens with zero attached hydrogens (tertiary/aromatic N) is 3. The van der Waals surface area contributed by atoms with Gasteiger partial charge in [-0.3, -0.25) is 9.78 Å². The Balaban J connectivity index is 1.63. The third kappa shape index (κ3) is 2.51. The molecular weight excluding hydrogens is 348 g/mol. The molecule has 2 aromatic heterocycles. The van der Waals surface area contributed by atoms with E-state index in [1.54, 1.807) is 6.20 Å². The largest absolute Gasteiger partial charge is 0.337 e. The molecule has 138 valence electrons. The molecule has 5 rings (SSSR count). The van der Waals surface area contributed by atoms with Crippen LogP contribution >= 0.6 is 0 Å². The molecule has 3 heterocycles. The fraction of sp³-hybridized carbons (Fsp3) is 0.174. The van der Waals surface area contributed by atoms with Crippen molar-refractivity contribution in [2.24, 2.45) is 0 Å². The molecule has 5 heteroatoms. The van der Waals surface area contributed by atoms with Crippen molar-refractivity contribution in [3.05, 3.63) is 78.0 Å². The van der Waals surface area contributed by atoms with Crippen LogP contribution in [0.15, 0.2) is 66.9 Å². The average Bonchev–Trinajstić information content (AvgIpc) is 3.21. The molecule has 4 aromatic rings. The fourth-order valence-corrected chi connectivity index (χ4v) is 3.88. The molecule has 0 atom stereocenters. The van der Waals surface area contributed by atoms with E-state index in [-0.39, 0.29) is 5.91 Å². The highest BCUT2D eigenvalue weighted by atomic mass is 16.2. The van der Waals surface area contributed by atoms with Gasteiger partial charge in [0, 0.05) is 6.20 Å². The van der Waals surface area contributed by atoms with Crippen LogP contribution < -0.4 is 4.90 Å². The molecular formula is C23H20N4O. The zero-order valence-electron chi connectivity index (χ0n) is 15.8. The molecule has 0 unspecified atom stereocenters. The highest BCUT2D eigenvalue weighted by Crippen LogP contribution is 2.44. The van der Waals surface area contributed by atoms with Gasteiger partial charge in [-0.25, -0.2) is 4.98 Å². The first-order valence-corrected chi connectivity index (χ1v) is 9.35. The Morgan fingerprint density at radius 2 is 1.82 bits per heavy atom. The molecule has 5 nitrogen and oxygen atoms in total. The number of pyridine rings is 1. The Bertz CT molecular complexity index is 1180. The number of aromatic amines is 1. The van der Waals surface area contributed by atoms with Crippen LogP contribution in [-0.4, -0.2) is 20.9 Å². The minimum Gasteiger partial charge on any atom is -0.337 e. The van der Waals surface area contributed by atoms with Crippen molar-refractivity contribution in [1.29, 1.82) is 0 Å². The van der Waals surface area contributed by atoms with Gasteiger partial charge in [0.25, 0.3) is 0 Å². The number of benzene rings is 2. The van der Waals surface area contributed by atoms with E-state index >= 15 is 0 Å². The van der Waals surface area contributed by atoms with Gasteiger partial charge in [-0.2, -0.15) is 0 Å². The van der Waals surface area contributed by atoms with Gasteiger partial charge in [-0.15, -0.1) is 0 Å². The smallest absolute Gasteiger partial charge is 0.237 e. The first-order chi connectivity index (χ1) is 13.5. The van der Waals surface area contributed by atoms with Crippen LogP contribution in [0.25, 0.3) is 22.6 Å². The molecule has 0 aliphatic carbocycles. The van der Waals surface area contributed by atoms with Crippen LogP contribution in [0.5, 0.6) is 0 Å². The van der Waals surface area contributed by atoms with Crippen LogP contribution in [0.3, 0.4) is 0 Å². The summed E-state index contributed by atoms with van der Waals surface area (Å²) in [6, 6.07) is 19.9. The SMILES string of the molecule is CC1(C)C(=O)N(Cc2ccccc2)c2cc3nc(-c4ccccn4)[nH]c3cc21. The van der Waals surface area contributed by atoms with E-state index in [0.29, 0.717) is 6.54 Å². The summed E-state index contributed by atoms with van der Waals surface area (Å²) >= 11 is 0. The minimum absolute atomic E-state index is 0.115. The summed E-state index contributed by atoms with van der Waals surface area (Å²) < 4.78 is 0. The van der Waals surface area contributed by atoms with E-state index in [2.05, 4.69) is 16.0 Å². The van der Waals surface area contributed by atoms with Gasteiger partial charge in [0.15, 0.2) is 5.82 Å². The molecule has 0 spiro atoms. The lowest BCUT2D eigenvalue weighted by atomic mass is 9.86. The highest BCUT2D eigenvalue weighted by Gasteiger charge is 2.44. The van der Waals surface area contributed by atoms with E-state index in [4.69, 9.17) is 4.98 Å². The number of rotatable bonds is 3. The average molecular weight is 368 g/mol. The topological polar surface area (TPSA) is 61.9 Å². The maximum atomic E-state index is 13.2. The van der Waals surface area contributed by atoms with Crippen molar-refractivity contribution in [2.45, 2.75) is 25.8 Å². The van der Waals surface area contributed by atoms with Gasteiger partial charge in [0.1, 0.15) is 5.69 Å². The van der Waals surface area contributed by atoms with Crippen LogP contribution in [0.1, 0.15) is 25.0 Å². The second-order valence-electron chi connectivity index (χ2n) is 7.69. The van der Waals surface area contributed by atoms with Gasteiger partial charge >= 0.3 is 0 Å². The summed E-state index contributed by atoms with van der Waals surface area (Å²) in [4.78, 5) is 27.5. The zero-order chi connectivity index (χ0) is 19.3. The summed E-state index contributed by atoms with van der Waals surface area (Å²) in [5, 5.41) is 0. The number of amides is 1. The van der Waals surface area contributed by atoms with Crippen molar-refractivity contribution < 1.29 is 4.79 Å². The number of hydrogen-bond acceptors (Lipinski definition) is 3. The Kier molecular flexibility index (Phi) is 3.59. The van der Waals surface area contributed by atoms with Crippen LogP contribution in [-0.2, 0) is 16.8 Å². The lowest BCUT2D eigenvalue weighted by Gasteiger charge is -2.20. The zero-order valence-corrected chi connectivity index (χ0v) is 15.8. The lowest BCUT2D eigenvalue weighted by molar-refractivity contribution is -0.122. The molecule has 0 radical (unpaired) electrons. The van der Waals surface area contributed by atoms with Crippen molar-refractivity contribution >= 4 is 22.6 Å². The maximum absolute atomic E-state index is 13.2. The Morgan fingerprint density at radius 3 is 2.57 bits per heavy atom. The standard InChI is InChI=1S/C23H20N4O/c1-23(2)16-12-18-19(26-21(25-18)17-10-6-7-11-24-17)13-20(16)27(22(23)28)14-15-8-4-3-5-9-15/h3-13H,14H2,1-2H3,(H,25,26). The first-order valence-electron chi connectivity index (χ1n) is 9.35. The minimum atomic E-state index is -0.575. The van der Waals surface area contributed by atoms with Crippen LogP contribution in [0.4, 0.5) is 5.69 Å². The van der Waals surface area contributed by atoms with Crippen molar-refractivity contribution in [3.8, 4) is 11.5 Å².